The number of rotatable bonds is 5. The van der Waals surface area contributed by atoms with E-state index in [9.17, 15) is 14.9 Å². The Morgan fingerprint density at radius 2 is 1.96 bits per heavy atom. The summed E-state index contributed by atoms with van der Waals surface area (Å²) in [4.78, 5) is 24.8. The summed E-state index contributed by atoms with van der Waals surface area (Å²) in [5.41, 5.74) is 1.12. The summed E-state index contributed by atoms with van der Waals surface area (Å²) < 4.78 is 1.75. The van der Waals surface area contributed by atoms with E-state index in [1.54, 1.807) is 17.1 Å². The van der Waals surface area contributed by atoms with E-state index < -0.39 is 4.92 Å². The van der Waals surface area contributed by atoms with Crippen LogP contribution in [0.3, 0.4) is 0 Å². The van der Waals surface area contributed by atoms with Crippen molar-refractivity contribution in [3.05, 3.63) is 44.7 Å². The third-order valence-electron chi connectivity index (χ3n) is 4.62. The lowest BCUT2D eigenvalue weighted by Gasteiger charge is -2.33. The number of non-ortho nitro benzene ring substituents is 1. The standard InChI is InChI=1S/C17H19Cl2N5O3/c1-2-23-10-12(9-20-23)21-17(25)11-3-5-22(6-4-11)16-14(18)7-13(24(26)27)8-15(16)19/h7-11H,2-6H2,1H3,(H,21,25). The van der Waals surface area contributed by atoms with Gasteiger partial charge in [-0.3, -0.25) is 19.6 Å². The van der Waals surface area contributed by atoms with Gasteiger partial charge in [0.05, 0.1) is 32.5 Å². The van der Waals surface area contributed by atoms with Crippen molar-refractivity contribution in [3.8, 4) is 0 Å². The Balaban J connectivity index is 1.63. The van der Waals surface area contributed by atoms with Crippen molar-refractivity contribution in [2.45, 2.75) is 26.3 Å². The highest BCUT2D eigenvalue weighted by atomic mass is 35.5. The molecule has 2 aromatic rings. The minimum Gasteiger partial charge on any atom is -0.369 e. The molecule has 27 heavy (non-hydrogen) atoms. The highest BCUT2D eigenvalue weighted by molar-refractivity contribution is 6.39. The maximum Gasteiger partial charge on any atom is 0.272 e. The minimum atomic E-state index is -0.529. The Morgan fingerprint density at radius 3 is 2.48 bits per heavy atom. The summed E-state index contributed by atoms with van der Waals surface area (Å²) in [5, 5.41) is 18.4. The Morgan fingerprint density at radius 1 is 1.33 bits per heavy atom. The number of nitro benzene ring substituents is 1. The molecule has 1 aliphatic rings. The minimum absolute atomic E-state index is 0.0359. The van der Waals surface area contributed by atoms with Crippen molar-refractivity contribution in [3.63, 3.8) is 0 Å². The molecule has 0 radical (unpaired) electrons. The van der Waals surface area contributed by atoms with Crippen molar-refractivity contribution < 1.29 is 9.72 Å². The molecule has 1 aromatic heterocycles. The molecule has 1 saturated heterocycles. The van der Waals surface area contributed by atoms with E-state index >= 15 is 0 Å². The fourth-order valence-corrected chi connectivity index (χ4v) is 3.88. The zero-order valence-electron chi connectivity index (χ0n) is 14.7. The van der Waals surface area contributed by atoms with Gasteiger partial charge < -0.3 is 10.2 Å². The van der Waals surface area contributed by atoms with E-state index in [0.29, 0.717) is 37.3 Å². The molecule has 10 heteroatoms. The Kier molecular flexibility index (Phi) is 5.86. The lowest BCUT2D eigenvalue weighted by atomic mass is 9.95. The molecule has 2 heterocycles. The summed E-state index contributed by atoms with van der Waals surface area (Å²) >= 11 is 12.4. The number of amides is 1. The zero-order chi connectivity index (χ0) is 19.6. The molecule has 0 aliphatic carbocycles. The first-order valence-electron chi connectivity index (χ1n) is 8.60. The smallest absolute Gasteiger partial charge is 0.272 e. The average molecular weight is 412 g/mol. The van der Waals surface area contributed by atoms with Crippen LogP contribution in [0, 0.1) is 16.0 Å². The summed E-state index contributed by atoms with van der Waals surface area (Å²) in [6.45, 7) is 3.89. The predicted octanol–water partition coefficient (Wildman–Crippen LogP) is 3.97. The van der Waals surface area contributed by atoms with Gasteiger partial charge in [0.1, 0.15) is 0 Å². The van der Waals surface area contributed by atoms with E-state index in [1.807, 2.05) is 11.8 Å². The van der Waals surface area contributed by atoms with Crippen LogP contribution in [0.25, 0.3) is 0 Å². The number of nitrogens with zero attached hydrogens (tertiary/aromatic N) is 4. The number of hydrogen-bond acceptors (Lipinski definition) is 5. The molecular formula is C17H19Cl2N5O3. The van der Waals surface area contributed by atoms with Crippen LogP contribution in [-0.2, 0) is 11.3 Å². The van der Waals surface area contributed by atoms with Crippen LogP contribution < -0.4 is 10.2 Å². The van der Waals surface area contributed by atoms with E-state index in [2.05, 4.69) is 10.4 Å². The molecule has 8 nitrogen and oxygen atoms in total. The van der Waals surface area contributed by atoms with Crippen LogP contribution in [0.1, 0.15) is 19.8 Å². The second-order valence-corrected chi connectivity index (χ2v) is 7.16. The van der Waals surface area contributed by atoms with Gasteiger partial charge in [-0.05, 0) is 19.8 Å². The number of carbonyl (C=O) groups is 1. The number of nitrogens with one attached hydrogen (secondary N) is 1. The van der Waals surface area contributed by atoms with Gasteiger partial charge in [-0.2, -0.15) is 5.10 Å². The van der Waals surface area contributed by atoms with Crippen LogP contribution in [0.2, 0.25) is 10.0 Å². The van der Waals surface area contributed by atoms with E-state index in [-0.39, 0.29) is 27.6 Å². The lowest BCUT2D eigenvalue weighted by Crippen LogP contribution is -2.38. The van der Waals surface area contributed by atoms with Gasteiger partial charge in [0.15, 0.2) is 0 Å². The van der Waals surface area contributed by atoms with Gasteiger partial charge >= 0.3 is 0 Å². The number of benzene rings is 1. The third-order valence-corrected chi connectivity index (χ3v) is 5.20. The van der Waals surface area contributed by atoms with Crippen molar-refractivity contribution in [1.29, 1.82) is 0 Å². The SMILES string of the molecule is CCn1cc(NC(=O)C2CCN(c3c(Cl)cc([N+](=O)[O-])cc3Cl)CC2)cn1. The third kappa shape index (κ3) is 4.33. The first-order chi connectivity index (χ1) is 12.9. The van der Waals surface area contributed by atoms with Gasteiger partial charge in [-0.15, -0.1) is 0 Å². The van der Waals surface area contributed by atoms with Crippen LogP contribution in [0.5, 0.6) is 0 Å². The molecule has 3 rings (SSSR count). The summed E-state index contributed by atoms with van der Waals surface area (Å²) in [5.74, 6) is -0.159. The second-order valence-electron chi connectivity index (χ2n) is 6.35. The molecule has 0 bridgehead atoms. The first-order valence-corrected chi connectivity index (χ1v) is 9.36. The summed E-state index contributed by atoms with van der Waals surface area (Å²) in [6.07, 6.45) is 4.70. The highest BCUT2D eigenvalue weighted by Gasteiger charge is 2.28. The van der Waals surface area contributed by atoms with Gasteiger partial charge in [0.2, 0.25) is 5.91 Å². The zero-order valence-corrected chi connectivity index (χ0v) is 16.2. The van der Waals surface area contributed by atoms with Gasteiger partial charge in [0.25, 0.3) is 5.69 Å². The maximum absolute atomic E-state index is 12.5. The topological polar surface area (TPSA) is 93.3 Å². The first kappa shape index (κ1) is 19.4. The maximum atomic E-state index is 12.5. The quantitative estimate of drug-likeness (QED) is 0.593. The van der Waals surface area contributed by atoms with Crippen molar-refractivity contribution >= 4 is 46.2 Å². The van der Waals surface area contributed by atoms with Gasteiger partial charge in [0, 0.05) is 43.9 Å². The van der Waals surface area contributed by atoms with Crippen molar-refractivity contribution in [2.75, 3.05) is 23.3 Å². The van der Waals surface area contributed by atoms with Crippen LogP contribution >= 0.6 is 23.2 Å². The monoisotopic (exact) mass is 411 g/mol. The fraction of sp³-hybridized carbons (Fsp3) is 0.412. The van der Waals surface area contributed by atoms with Crippen molar-refractivity contribution in [2.24, 2.45) is 5.92 Å². The van der Waals surface area contributed by atoms with Crippen LogP contribution in [0.15, 0.2) is 24.5 Å². The van der Waals surface area contributed by atoms with Gasteiger partial charge in [-0.25, -0.2) is 0 Å². The van der Waals surface area contributed by atoms with E-state index in [0.717, 1.165) is 6.54 Å². The normalized spacial score (nSPS) is 15.0. The average Bonchev–Trinajstić information content (AvgIpc) is 3.09. The molecule has 1 aromatic carbocycles. The number of carbonyl (C=O) groups excluding carboxylic acids is 1. The number of piperidine rings is 1. The number of hydrogen-bond donors (Lipinski definition) is 1. The summed E-state index contributed by atoms with van der Waals surface area (Å²) in [7, 11) is 0. The van der Waals surface area contributed by atoms with E-state index in [1.165, 1.54) is 12.1 Å². The largest absolute Gasteiger partial charge is 0.369 e. The van der Waals surface area contributed by atoms with Gasteiger partial charge in [-0.1, -0.05) is 23.2 Å². The second kappa shape index (κ2) is 8.14. The molecule has 0 unspecified atom stereocenters. The lowest BCUT2D eigenvalue weighted by molar-refractivity contribution is -0.384. The number of nitro groups is 1. The predicted molar refractivity (Wildman–Crippen MR) is 105 cm³/mol. The molecule has 1 N–H and O–H groups in total. The van der Waals surface area contributed by atoms with Crippen LogP contribution in [-0.4, -0.2) is 33.7 Å². The number of aryl methyl sites for hydroxylation is 1. The molecule has 1 amide bonds. The van der Waals surface area contributed by atoms with E-state index in [4.69, 9.17) is 23.2 Å². The Labute approximate surface area is 166 Å². The molecular weight excluding hydrogens is 393 g/mol. The highest BCUT2D eigenvalue weighted by Crippen LogP contribution is 2.39. The summed E-state index contributed by atoms with van der Waals surface area (Å²) in [6, 6.07) is 2.60. The molecule has 0 atom stereocenters. The molecule has 144 valence electrons. The van der Waals surface area contributed by atoms with Crippen molar-refractivity contribution in [1.82, 2.24) is 9.78 Å². The van der Waals surface area contributed by atoms with Crippen LogP contribution in [0.4, 0.5) is 17.1 Å². The molecule has 1 aliphatic heterocycles. The molecule has 0 spiro atoms. The fourth-order valence-electron chi connectivity index (χ4n) is 3.17. The molecule has 1 fully saturated rings. The number of anilines is 2. The Hall–Kier alpha value is -2.32. The Bertz CT molecular complexity index is 839. The number of aromatic nitrogens is 2. The molecule has 0 saturated carbocycles. The number of halogens is 2.